The lowest BCUT2D eigenvalue weighted by molar-refractivity contribution is -0.268. The minimum Gasteiger partial charge on any atom is -0.872 e. The van der Waals surface area contributed by atoms with Gasteiger partial charge < -0.3 is 55.7 Å². The predicted octanol–water partition coefficient (Wildman–Crippen LogP) is 14.9. The van der Waals surface area contributed by atoms with Crippen LogP contribution in [0.25, 0.3) is 33.4 Å². The Hall–Kier alpha value is -5.68. The Morgan fingerprint density at radius 1 is 0.637 bits per heavy atom. The van der Waals surface area contributed by atoms with Crippen molar-refractivity contribution in [2.75, 3.05) is 26.4 Å². The summed E-state index contributed by atoms with van der Waals surface area (Å²) in [5, 5.41) is 25.4. The van der Waals surface area contributed by atoms with Crippen LogP contribution < -0.4 is 33.0 Å². The third-order valence-corrected chi connectivity index (χ3v) is 14.5. The fraction of sp³-hybridized carbons (Fsp3) is 0.565. The quantitative estimate of drug-likeness (QED) is 0.0105. The average molecular weight is 1140 g/mol. The van der Waals surface area contributed by atoms with Gasteiger partial charge in [0.25, 0.3) is 13.7 Å². The van der Waals surface area contributed by atoms with Crippen LogP contribution in [-0.2, 0) is 32.7 Å². The average Bonchev–Trinajstić information content (AvgIpc) is 3.41. The largest absolute Gasteiger partial charge is 0.872 e. The molecule has 1 aliphatic carbocycles. The number of phosphoric ester groups is 1. The zero-order valence-electron chi connectivity index (χ0n) is 48.4. The number of ether oxygens (including phenoxy) is 2. The number of carboxylic acids is 1. The van der Waals surface area contributed by atoms with E-state index in [4.69, 9.17) is 22.9 Å². The van der Waals surface area contributed by atoms with Gasteiger partial charge in [-0.05, 0) is 100 Å². The molecule has 4 rings (SSSR count). The van der Waals surface area contributed by atoms with Crippen molar-refractivity contribution in [2.24, 2.45) is 0 Å². The summed E-state index contributed by atoms with van der Waals surface area (Å²) in [5.74, 6) is -3.39. The summed E-state index contributed by atoms with van der Waals surface area (Å²) in [7, 11) is -5.04. The maximum Gasteiger partial charge on any atom is 0.336 e. The van der Waals surface area contributed by atoms with Crippen LogP contribution >= 0.6 is 7.82 Å². The second-order valence-corrected chi connectivity index (χ2v) is 21.6. The van der Waals surface area contributed by atoms with Crippen LogP contribution in [0.1, 0.15) is 214 Å². The highest BCUT2D eigenvalue weighted by Gasteiger charge is 2.24. The number of allylic oxidation sites excluding steroid dienone is 4. The molecular formula is C62H94N3O14P. The van der Waals surface area contributed by atoms with E-state index >= 15 is 0 Å². The van der Waals surface area contributed by atoms with Crippen molar-refractivity contribution in [2.45, 2.75) is 200 Å². The molecule has 80 heavy (non-hydrogen) atoms. The van der Waals surface area contributed by atoms with E-state index in [9.17, 15) is 43.6 Å². The van der Waals surface area contributed by atoms with Gasteiger partial charge in [-0.25, -0.2) is 4.79 Å². The van der Waals surface area contributed by atoms with Crippen LogP contribution in [0.5, 0.6) is 5.75 Å². The van der Waals surface area contributed by atoms with E-state index in [0.717, 1.165) is 83.1 Å². The van der Waals surface area contributed by atoms with Gasteiger partial charge in [0.15, 0.2) is 11.5 Å². The maximum atomic E-state index is 13.2. The van der Waals surface area contributed by atoms with E-state index in [1.54, 1.807) is 0 Å². The summed E-state index contributed by atoms with van der Waals surface area (Å²) < 4.78 is 39.8. The number of nitrogens with one attached hydrogen (secondary N) is 1. The second kappa shape index (κ2) is 41.3. The lowest BCUT2D eigenvalue weighted by atomic mass is 9.90. The summed E-state index contributed by atoms with van der Waals surface area (Å²) >= 11 is 0. The number of hydrogen-bond donors (Lipinski definition) is 4. The molecule has 0 saturated carbocycles. The Bertz CT molecular complexity index is 2560. The summed E-state index contributed by atoms with van der Waals surface area (Å²) in [5.41, 5.74) is 0.424. The minimum atomic E-state index is -5.04. The lowest BCUT2D eigenvalue weighted by Gasteiger charge is -2.25. The van der Waals surface area contributed by atoms with Crippen LogP contribution in [-0.4, -0.2) is 61.4 Å². The molecule has 0 bridgehead atoms. The molecule has 1 heterocycles. The number of aromatic carboxylic acids is 1. The van der Waals surface area contributed by atoms with Crippen LogP contribution in [0.3, 0.4) is 0 Å². The Labute approximate surface area is 474 Å². The number of rotatable bonds is 43. The van der Waals surface area contributed by atoms with Crippen LogP contribution in [0.4, 0.5) is 0 Å². The first kappa shape index (κ1) is 70.4. The molecule has 1 unspecified atom stereocenters. The standard InChI is InChI=1S/C62H88NO14P.2H3N/c1-3-5-7-9-11-13-15-17-19-21-23-25-27-29-31-33-58(66)73-46-51(76-59(67)34-32-30-28-26-24-22-20-18-16-14-12-10-8-6-4-2)47-75-78(71,72)74-42-41-63-61(68)48-35-38-52(55(43-48)62(69)70)60-53-39-36-49(64)44-56(53)77-57-45-50(65)37-40-54(57)60;;/h17-20,35-40,43-45,51,64H,3-16,21-34,41-42,46-47H2,1-2H3,(H,63,68)(H,69,70)(H,71,72);2*1H3/b19-17+,20-18+;;/t51-;;/m1../s1. The van der Waals surface area contributed by atoms with Gasteiger partial charge in [-0.2, -0.15) is 0 Å². The van der Waals surface area contributed by atoms with Gasteiger partial charge in [0.05, 0.1) is 18.8 Å². The van der Waals surface area contributed by atoms with Gasteiger partial charge in [-0.3, -0.25) is 23.7 Å². The Morgan fingerprint density at radius 2 is 1.16 bits per heavy atom. The monoisotopic (exact) mass is 1140 g/mol. The van der Waals surface area contributed by atoms with E-state index < -0.39 is 57.6 Å². The summed E-state index contributed by atoms with van der Waals surface area (Å²) in [4.78, 5) is 76.6. The van der Waals surface area contributed by atoms with Gasteiger partial charge in [-0.15, -0.1) is 5.75 Å². The first-order valence-corrected chi connectivity index (χ1v) is 30.4. The predicted molar refractivity (Wildman–Crippen MR) is 315 cm³/mol. The molecule has 17 nitrogen and oxygen atoms in total. The van der Waals surface area contributed by atoms with Crippen molar-refractivity contribution >= 4 is 42.6 Å². The molecule has 446 valence electrons. The van der Waals surface area contributed by atoms with Crippen molar-refractivity contribution in [3.63, 3.8) is 0 Å². The van der Waals surface area contributed by atoms with Crippen molar-refractivity contribution in [3.05, 3.63) is 100 Å². The summed E-state index contributed by atoms with van der Waals surface area (Å²) in [6.45, 7) is 2.48. The molecule has 2 atom stereocenters. The number of esters is 2. The normalized spacial score (nSPS) is 12.5. The Morgan fingerprint density at radius 3 is 1.73 bits per heavy atom. The summed E-state index contributed by atoms with van der Waals surface area (Å²) in [6.07, 6.45) is 37.1. The number of benzene rings is 3. The molecule has 2 aromatic carbocycles. The number of fused-ring (bicyclic) bond motifs is 2. The van der Waals surface area contributed by atoms with Crippen molar-refractivity contribution < 1.29 is 61.8 Å². The number of carboxylic acid groups (broad SMARTS) is 1. The third kappa shape index (κ3) is 28.1. The van der Waals surface area contributed by atoms with E-state index in [-0.39, 0.29) is 70.9 Å². The summed E-state index contributed by atoms with van der Waals surface area (Å²) in [6, 6.07) is 12.0. The molecule has 10 N–H and O–H groups in total. The third-order valence-electron chi connectivity index (χ3n) is 13.5. The van der Waals surface area contributed by atoms with Crippen molar-refractivity contribution in [1.29, 1.82) is 0 Å². The zero-order valence-corrected chi connectivity index (χ0v) is 49.3. The maximum absolute atomic E-state index is 13.2. The van der Waals surface area contributed by atoms with Crippen LogP contribution in [0.15, 0.2) is 88.1 Å². The lowest BCUT2D eigenvalue weighted by Crippen LogP contribution is -2.31. The highest BCUT2D eigenvalue weighted by molar-refractivity contribution is 7.45. The topological polar surface area (TPSA) is 304 Å². The Balaban J connectivity index is 0.0000109. The number of phosphoric acid groups is 1. The molecular weight excluding hydrogens is 1040 g/mol. The van der Waals surface area contributed by atoms with Crippen molar-refractivity contribution in [3.8, 4) is 28.2 Å². The number of carbonyl (C=O) groups is 4. The van der Waals surface area contributed by atoms with E-state index in [1.165, 1.54) is 126 Å². The molecule has 0 radical (unpaired) electrons. The van der Waals surface area contributed by atoms with Crippen LogP contribution in [0, 0.1) is 0 Å². The van der Waals surface area contributed by atoms with Gasteiger partial charge in [0.1, 0.15) is 18.0 Å². The fourth-order valence-electron chi connectivity index (χ4n) is 9.16. The molecule has 0 saturated heterocycles. The molecule has 0 fully saturated rings. The molecule has 2 aromatic rings. The smallest absolute Gasteiger partial charge is 0.336 e. The Kier molecular flexibility index (Phi) is 36.4. The first-order valence-electron chi connectivity index (χ1n) is 28.9. The molecule has 1 aliphatic heterocycles. The number of hydrogen-bond acceptors (Lipinski definition) is 13. The number of amides is 1. The van der Waals surface area contributed by atoms with Gasteiger partial charge in [0, 0.05) is 47.5 Å². The molecule has 2 aliphatic rings. The van der Waals surface area contributed by atoms with Gasteiger partial charge in [-0.1, -0.05) is 159 Å². The fourth-order valence-corrected chi connectivity index (χ4v) is 9.89. The SMILES string of the molecule is CCCCCCCC/C=C/CCCCCCCC(=O)OC[C@H](COP(=O)([O-])OCCNC(=O)c1ccc(-c2c3ccc(=O)cc-3oc3cc([O-])ccc23)c(C(=O)O)c1)OC(=O)CCCCCCC/C=C/CCCCCCCC.[NH4+].[NH4+]. The van der Waals surface area contributed by atoms with E-state index in [0.29, 0.717) is 29.4 Å². The number of quaternary nitrogens is 2. The molecule has 0 spiro atoms. The molecule has 0 aromatic heterocycles. The molecule has 18 heteroatoms. The highest BCUT2D eigenvalue weighted by atomic mass is 31.2. The zero-order chi connectivity index (χ0) is 56.2. The van der Waals surface area contributed by atoms with E-state index in [1.807, 2.05) is 0 Å². The molecule has 1 amide bonds. The number of unbranched alkanes of at least 4 members (excludes halogenated alkanes) is 22. The minimum absolute atomic E-state index is 0. The van der Waals surface area contributed by atoms with E-state index in [2.05, 4.69) is 43.5 Å². The number of carbonyl (C=O) groups excluding carboxylic acids is 3. The van der Waals surface area contributed by atoms with Gasteiger partial charge >= 0.3 is 17.9 Å². The van der Waals surface area contributed by atoms with Crippen LogP contribution in [0.2, 0.25) is 0 Å². The van der Waals surface area contributed by atoms with Gasteiger partial charge in [0.2, 0.25) is 0 Å². The second-order valence-electron chi connectivity index (χ2n) is 20.2. The first-order chi connectivity index (χ1) is 37.8. The highest BCUT2D eigenvalue weighted by Crippen LogP contribution is 2.42. The van der Waals surface area contributed by atoms with Crippen molar-refractivity contribution in [1.82, 2.24) is 17.6 Å².